The third kappa shape index (κ3) is 4.19. The number of nitrogens with one attached hydrogen (secondary N) is 2. The topological polar surface area (TPSA) is 81.3 Å². The van der Waals surface area contributed by atoms with E-state index in [0.29, 0.717) is 19.5 Å². The molecule has 3 rings (SSSR count). The first-order valence-corrected chi connectivity index (χ1v) is 9.32. The molecule has 0 aromatic carbocycles. The Morgan fingerprint density at radius 1 is 1.56 bits per heavy atom. The van der Waals surface area contributed by atoms with Gasteiger partial charge in [-0.05, 0) is 23.9 Å². The van der Waals surface area contributed by atoms with Gasteiger partial charge in [0.1, 0.15) is 5.69 Å². The molecule has 25 heavy (non-hydrogen) atoms. The van der Waals surface area contributed by atoms with Crippen molar-refractivity contribution in [2.24, 2.45) is 0 Å². The first-order valence-electron chi connectivity index (χ1n) is 8.44. The van der Waals surface area contributed by atoms with E-state index in [1.165, 1.54) is 0 Å². The number of H-pyrrole nitrogens is 1. The lowest BCUT2D eigenvalue weighted by Crippen LogP contribution is -2.44. The SMILES string of the molecule is CCCN1C[C@@H](NC(=O)N(C)Cc2cc(-c3cccs3)n[nH]2)CC1=O. The van der Waals surface area contributed by atoms with Gasteiger partial charge in [-0.1, -0.05) is 13.0 Å². The van der Waals surface area contributed by atoms with Gasteiger partial charge in [0.2, 0.25) is 5.91 Å². The van der Waals surface area contributed by atoms with Gasteiger partial charge in [0.25, 0.3) is 0 Å². The minimum absolute atomic E-state index is 0.113. The average Bonchev–Trinajstić information content (AvgIpc) is 3.30. The van der Waals surface area contributed by atoms with Crippen LogP contribution < -0.4 is 5.32 Å². The summed E-state index contributed by atoms with van der Waals surface area (Å²) in [6, 6.07) is 5.66. The largest absolute Gasteiger partial charge is 0.341 e. The van der Waals surface area contributed by atoms with E-state index in [0.717, 1.165) is 29.2 Å². The highest BCUT2D eigenvalue weighted by Gasteiger charge is 2.30. The van der Waals surface area contributed by atoms with Crippen LogP contribution >= 0.6 is 11.3 Å². The first kappa shape index (κ1) is 17.5. The van der Waals surface area contributed by atoms with Gasteiger partial charge in [-0.25, -0.2) is 4.79 Å². The molecule has 1 aliphatic rings. The van der Waals surface area contributed by atoms with Crippen molar-refractivity contribution in [1.29, 1.82) is 0 Å². The minimum atomic E-state index is -0.177. The zero-order valence-corrected chi connectivity index (χ0v) is 15.3. The maximum atomic E-state index is 12.4. The second kappa shape index (κ2) is 7.69. The van der Waals surface area contributed by atoms with E-state index in [9.17, 15) is 9.59 Å². The molecule has 0 aliphatic carbocycles. The molecule has 0 spiro atoms. The quantitative estimate of drug-likeness (QED) is 0.828. The lowest BCUT2D eigenvalue weighted by Gasteiger charge is -2.20. The predicted octanol–water partition coefficient (Wildman–Crippen LogP) is 2.29. The Bertz CT molecular complexity index is 727. The Balaban J connectivity index is 1.52. The summed E-state index contributed by atoms with van der Waals surface area (Å²) in [4.78, 5) is 28.7. The van der Waals surface area contributed by atoms with Gasteiger partial charge in [0.15, 0.2) is 0 Å². The summed E-state index contributed by atoms with van der Waals surface area (Å²) >= 11 is 1.63. The van der Waals surface area contributed by atoms with Crippen LogP contribution in [0.25, 0.3) is 10.6 Å². The number of thiophene rings is 1. The Hall–Kier alpha value is -2.35. The van der Waals surface area contributed by atoms with E-state index in [4.69, 9.17) is 0 Å². The smallest absolute Gasteiger partial charge is 0.317 e. The number of amides is 3. The number of hydrogen-bond donors (Lipinski definition) is 2. The van der Waals surface area contributed by atoms with Gasteiger partial charge in [-0.3, -0.25) is 9.89 Å². The fourth-order valence-corrected chi connectivity index (χ4v) is 3.65. The van der Waals surface area contributed by atoms with Crippen molar-refractivity contribution in [3.63, 3.8) is 0 Å². The number of aromatic amines is 1. The Morgan fingerprint density at radius 2 is 2.40 bits per heavy atom. The fourth-order valence-electron chi connectivity index (χ4n) is 2.96. The monoisotopic (exact) mass is 361 g/mol. The first-order chi connectivity index (χ1) is 12.1. The third-order valence-corrected chi connectivity index (χ3v) is 5.09. The summed E-state index contributed by atoms with van der Waals surface area (Å²) in [5.74, 6) is 0.115. The molecule has 2 aromatic heterocycles. The molecular weight excluding hydrogens is 338 g/mol. The van der Waals surface area contributed by atoms with Crippen molar-refractivity contribution in [2.45, 2.75) is 32.4 Å². The Kier molecular flexibility index (Phi) is 5.37. The van der Waals surface area contributed by atoms with Crippen LogP contribution in [0.2, 0.25) is 0 Å². The van der Waals surface area contributed by atoms with Crippen LogP contribution in [0, 0.1) is 0 Å². The summed E-state index contributed by atoms with van der Waals surface area (Å²) in [5, 5.41) is 12.2. The fraction of sp³-hybridized carbons (Fsp3) is 0.471. The molecule has 0 bridgehead atoms. The Morgan fingerprint density at radius 3 is 3.12 bits per heavy atom. The predicted molar refractivity (Wildman–Crippen MR) is 97.2 cm³/mol. The van der Waals surface area contributed by atoms with E-state index < -0.39 is 0 Å². The molecular formula is C17H23N5O2S. The zero-order chi connectivity index (χ0) is 17.8. The van der Waals surface area contributed by atoms with E-state index in [-0.39, 0.29) is 18.0 Å². The summed E-state index contributed by atoms with van der Waals surface area (Å²) in [5.41, 5.74) is 1.76. The molecule has 1 saturated heterocycles. The van der Waals surface area contributed by atoms with Crippen molar-refractivity contribution in [3.8, 4) is 10.6 Å². The normalized spacial score (nSPS) is 17.1. The van der Waals surface area contributed by atoms with Crippen molar-refractivity contribution in [1.82, 2.24) is 25.3 Å². The number of carbonyl (C=O) groups is 2. The molecule has 0 radical (unpaired) electrons. The van der Waals surface area contributed by atoms with Crippen molar-refractivity contribution in [3.05, 3.63) is 29.3 Å². The summed E-state index contributed by atoms with van der Waals surface area (Å²) in [7, 11) is 1.74. The standard InChI is InChI=1S/C17H23N5O2S/c1-3-6-22-11-12(9-16(22)23)18-17(24)21(2)10-13-8-14(20-19-13)15-5-4-7-25-15/h4-5,7-8,12H,3,6,9-11H2,1-2H3,(H,18,24)(H,19,20)/t12-/m0/s1. The van der Waals surface area contributed by atoms with Crippen LogP contribution in [-0.4, -0.2) is 58.1 Å². The van der Waals surface area contributed by atoms with Crippen LogP contribution in [-0.2, 0) is 11.3 Å². The van der Waals surface area contributed by atoms with Gasteiger partial charge in [-0.15, -0.1) is 11.3 Å². The van der Waals surface area contributed by atoms with Crippen LogP contribution in [0.15, 0.2) is 23.6 Å². The molecule has 2 aromatic rings. The maximum Gasteiger partial charge on any atom is 0.317 e. The van der Waals surface area contributed by atoms with Crippen LogP contribution in [0.1, 0.15) is 25.5 Å². The second-order valence-corrected chi connectivity index (χ2v) is 7.25. The average molecular weight is 361 g/mol. The number of carbonyl (C=O) groups excluding carboxylic acids is 2. The van der Waals surface area contributed by atoms with E-state index in [1.807, 2.05) is 35.4 Å². The summed E-state index contributed by atoms with van der Waals surface area (Å²) in [6.07, 6.45) is 1.31. The highest BCUT2D eigenvalue weighted by Crippen LogP contribution is 2.23. The highest BCUT2D eigenvalue weighted by molar-refractivity contribution is 7.13. The number of rotatable bonds is 6. The molecule has 134 valence electrons. The molecule has 1 atom stereocenters. The molecule has 1 aliphatic heterocycles. The molecule has 7 nitrogen and oxygen atoms in total. The third-order valence-electron chi connectivity index (χ3n) is 4.19. The molecule has 0 saturated carbocycles. The number of likely N-dealkylation sites (tertiary alicyclic amines) is 1. The molecule has 1 fully saturated rings. The number of urea groups is 1. The zero-order valence-electron chi connectivity index (χ0n) is 14.5. The minimum Gasteiger partial charge on any atom is -0.341 e. The summed E-state index contributed by atoms with van der Waals surface area (Å²) in [6.45, 7) is 3.82. The number of aromatic nitrogens is 2. The lowest BCUT2D eigenvalue weighted by atomic mass is 10.2. The van der Waals surface area contributed by atoms with Crippen molar-refractivity contribution < 1.29 is 9.59 Å². The molecule has 3 heterocycles. The highest BCUT2D eigenvalue weighted by atomic mass is 32.1. The summed E-state index contributed by atoms with van der Waals surface area (Å²) < 4.78 is 0. The number of nitrogens with zero attached hydrogens (tertiary/aromatic N) is 3. The van der Waals surface area contributed by atoms with E-state index >= 15 is 0 Å². The van der Waals surface area contributed by atoms with Gasteiger partial charge in [-0.2, -0.15) is 5.10 Å². The number of hydrogen-bond acceptors (Lipinski definition) is 4. The van der Waals surface area contributed by atoms with Gasteiger partial charge in [0, 0.05) is 26.6 Å². The van der Waals surface area contributed by atoms with Gasteiger partial charge < -0.3 is 15.1 Å². The van der Waals surface area contributed by atoms with Crippen LogP contribution in [0.4, 0.5) is 4.79 Å². The Labute approximate surface area is 151 Å². The van der Waals surface area contributed by atoms with Gasteiger partial charge >= 0.3 is 6.03 Å². The van der Waals surface area contributed by atoms with E-state index in [1.54, 1.807) is 23.3 Å². The van der Waals surface area contributed by atoms with Crippen LogP contribution in [0.5, 0.6) is 0 Å². The van der Waals surface area contributed by atoms with Crippen molar-refractivity contribution in [2.75, 3.05) is 20.1 Å². The molecule has 0 unspecified atom stereocenters. The van der Waals surface area contributed by atoms with Crippen LogP contribution in [0.3, 0.4) is 0 Å². The van der Waals surface area contributed by atoms with Gasteiger partial charge in [0.05, 0.1) is 23.2 Å². The second-order valence-electron chi connectivity index (χ2n) is 6.30. The molecule has 8 heteroatoms. The maximum absolute atomic E-state index is 12.4. The molecule has 2 N–H and O–H groups in total. The molecule has 3 amide bonds. The van der Waals surface area contributed by atoms with Crippen molar-refractivity contribution >= 4 is 23.3 Å². The lowest BCUT2D eigenvalue weighted by molar-refractivity contribution is -0.127. The van der Waals surface area contributed by atoms with E-state index in [2.05, 4.69) is 15.5 Å².